The molecule has 0 saturated carbocycles. The van der Waals surface area contributed by atoms with E-state index in [-0.39, 0.29) is 25.6 Å². The molecule has 0 N–H and O–H groups in total. The van der Waals surface area contributed by atoms with Crippen molar-refractivity contribution in [1.82, 2.24) is 0 Å². The topological polar surface area (TPSA) is 69.7 Å². The van der Waals surface area contributed by atoms with E-state index >= 15 is 0 Å². The molecule has 0 fully saturated rings. The van der Waals surface area contributed by atoms with Crippen molar-refractivity contribution in [3.8, 4) is 0 Å². The molecule has 118 valence electrons. The molecule has 0 aliphatic rings. The Morgan fingerprint density at radius 2 is 1.52 bits per heavy atom. The zero-order valence-electron chi connectivity index (χ0n) is 11.2. The maximum atomic E-state index is 10.3. The largest absolute Gasteiger partial charge is 0.456 e. The van der Waals surface area contributed by atoms with Crippen LogP contribution in [-0.2, 0) is 30.5 Å². The zero-order chi connectivity index (χ0) is 15.4. The standard InChI is InChI=1S/C9H9ClO2.C4H5ClO3.ClH/c10-9(11)7-12-6-8-4-2-1-3-5-8;1-3(6)8-2-4(5)7;/h1-5H,6-7H2;2H2,1H3;1H. The molecule has 0 atom stereocenters. The summed E-state index contributed by atoms with van der Waals surface area (Å²) in [7, 11) is 0. The highest BCUT2D eigenvalue weighted by molar-refractivity contribution is 6.64. The van der Waals surface area contributed by atoms with Crippen LogP contribution in [0.5, 0.6) is 0 Å². The van der Waals surface area contributed by atoms with Gasteiger partial charge in [-0.2, -0.15) is 0 Å². The molecule has 1 aromatic rings. The van der Waals surface area contributed by atoms with Gasteiger partial charge in [-0.25, -0.2) is 0 Å². The number of halogens is 3. The Morgan fingerprint density at radius 1 is 1.00 bits per heavy atom. The molecule has 0 saturated heterocycles. The van der Waals surface area contributed by atoms with Gasteiger partial charge in [0.15, 0.2) is 6.61 Å². The molecule has 21 heavy (non-hydrogen) atoms. The van der Waals surface area contributed by atoms with E-state index in [1.54, 1.807) is 0 Å². The molecular weight excluding hydrogens is 342 g/mol. The van der Waals surface area contributed by atoms with Crippen molar-refractivity contribution >= 4 is 52.1 Å². The molecule has 0 aliphatic carbocycles. The summed E-state index contributed by atoms with van der Waals surface area (Å²) in [5.74, 6) is -0.501. The molecule has 1 aromatic carbocycles. The first kappa shape index (κ1) is 22.1. The van der Waals surface area contributed by atoms with Gasteiger partial charge in [0, 0.05) is 6.92 Å². The summed E-state index contributed by atoms with van der Waals surface area (Å²) in [6.45, 7) is 1.27. The quantitative estimate of drug-likeness (QED) is 0.578. The minimum absolute atomic E-state index is 0. The molecule has 1 rings (SSSR count). The molecule has 8 heteroatoms. The van der Waals surface area contributed by atoms with Crippen molar-refractivity contribution < 1.29 is 23.9 Å². The Hall–Kier alpha value is -1.14. The Balaban J connectivity index is 0. The summed E-state index contributed by atoms with van der Waals surface area (Å²) in [5, 5.41) is -1.13. The lowest BCUT2D eigenvalue weighted by Gasteiger charge is -1.99. The lowest BCUT2D eigenvalue weighted by molar-refractivity contribution is -0.143. The minimum Gasteiger partial charge on any atom is -0.456 e. The molecule has 0 unspecified atom stereocenters. The van der Waals surface area contributed by atoms with Crippen LogP contribution in [-0.4, -0.2) is 29.7 Å². The van der Waals surface area contributed by atoms with Gasteiger partial charge in [-0.15, -0.1) is 12.4 Å². The fraction of sp³-hybridized carbons (Fsp3) is 0.308. The average molecular weight is 358 g/mol. The van der Waals surface area contributed by atoms with E-state index in [1.807, 2.05) is 30.3 Å². The highest BCUT2D eigenvalue weighted by Crippen LogP contribution is 2.00. The van der Waals surface area contributed by atoms with Crippen LogP contribution < -0.4 is 0 Å². The van der Waals surface area contributed by atoms with Crippen LogP contribution in [0.1, 0.15) is 12.5 Å². The molecule has 0 heterocycles. The maximum Gasteiger partial charge on any atom is 0.303 e. The number of esters is 1. The van der Waals surface area contributed by atoms with Crippen molar-refractivity contribution in [2.75, 3.05) is 13.2 Å². The third-order valence-corrected chi connectivity index (χ3v) is 1.93. The van der Waals surface area contributed by atoms with Gasteiger partial charge in [-0.05, 0) is 28.8 Å². The fourth-order valence-electron chi connectivity index (χ4n) is 0.982. The smallest absolute Gasteiger partial charge is 0.303 e. The van der Waals surface area contributed by atoms with Crippen LogP contribution in [0.15, 0.2) is 30.3 Å². The van der Waals surface area contributed by atoms with Crippen molar-refractivity contribution in [1.29, 1.82) is 0 Å². The first-order valence-electron chi connectivity index (χ1n) is 5.53. The van der Waals surface area contributed by atoms with E-state index in [0.29, 0.717) is 6.61 Å². The first-order valence-corrected chi connectivity index (χ1v) is 6.29. The highest BCUT2D eigenvalue weighted by atomic mass is 35.5. The SMILES string of the molecule is CC(=O)OCC(=O)Cl.Cl.O=C(Cl)COCc1ccccc1. The van der Waals surface area contributed by atoms with Gasteiger partial charge in [-0.1, -0.05) is 30.3 Å². The third-order valence-electron chi connectivity index (χ3n) is 1.72. The number of hydrogen-bond donors (Lipinski definition) is 0. The number of carbonyl (C=O) groups excluding carboxylic acids is 3. The van der Waals surface area contributed by atoms with Crippen LogP contribution in [0.4, 0.5) is 0 Å². The molecule has 0 amide bonds. The van der Waals surface area contributed by atoms with Gasteiger partial charge in [0.1, 0.15) is 6.61 Å². The predicted molar refractivity (Wildman–Crippen MR) is 81.7 cm³/mol. The Kier molecular flexibility index (Phi) is 14.6. The summed E-state index contributed by atoms with van der Waals surface area (Å²) in [6, 6.07) is 9.62. The third kappa shape index (κ3) is 16.8. The second-order valence-electron chi connectivity index (χ2n) is 3.47. The molecule has 0 aromatic heterocycles. The number of carbonyl (C=O) groups is 3. The monoisotopic (exact) mass is 356 g/mol. The van der Waals surface area contributed by atoms with Crippen molar-refractivity contribution in [3.63, 3.8) is 0 Å². The Bertz CT molecular complexity index is 423. The first-order chi connectivity index (χ1) is 9.41. The van der Waals surface area contributed by atoms with Crippen molar-refractivity contribution in [3.05, 3.63) is 35.9 Å². The predicted octanol–water partition coefficient (Wildman–Crippen LogP) is 2.71. The molecule has 0 spiro atoms. The number of hydrogen-bond acceptors (Lipinski definition) is 5. The second kappa shape index (κ2) is 13.8. The van der Waals surface area contributed by atoms with Crippen molar-refractivity contribution in [2.45, 2.75) is 13.5 Å². The van der Waals surface area contributed by atoms with Crippen LogP contribution in [0, 0.1) is 0 Å². The Labute approximate surface area is 138 Å². The van der Waals surface area contributed by atoms with E-state index in [1.165, 1.54) is 6.92 Å². The highest BCUT2D eigenvalue weighted by Gasteiger charge is 1.97. The molecule has 0 bridgehead atoms. The van der Waals surface area contributed by atoms with Crippen LogP contribution in [0.25, 0.3) is 0 Å². The fourth-order valence-corrected chi connectivity index (χ4v) is 1.11. The van der Waals surface area contributed by atoms with Crippen LogP contribution in [0.2, 0.25) is 0 Å². The van der Waals surface area contributed by atoms with Gasteiger partial charge in [0.2, 0.25) is 5.24 Å². The van der Waals surface area contributed by atoms with E-state index in [4.69, 9.17) is 27.9 Å². The summed E-state index contributed by atoms with van der Waals surface area (Å²) in [6.07, 6.45) is 0. The van der Waals surface area contributed by atoms with E-state index < -0.39 is 16.5 Å². The summed E-state index contributed by atoms with van der Waals surface area (Å²) >= 11 is 9.89. The minimum atomic E-state index is -0.666. The summed E-state index contributed by atoms with van der Waals surface area (Å²) in [4.78, 5) is 30.0. The lowest BCUT2D eigenvalue weighted by Crippen LogP contribution is -2.05. The normalized spacial score (nSPS) is 8.71. The number of benzene rings is 1. The molecule has 5 nitrogen and oxygen atoms in total. The molecule has 0 radical (unpaired) electrons. The van der Waals surface area contributed by atoms with Gasteiger partial charge in [0.05, 0.1) is 6.61 Å². The van der Waals surface area contributed by atoms with Gasteiger partial charge in [-0.3, -0.25) is 14.4 Å². The zero-order valence-corrected chi connectivity index (χ0v) is 13.5. The van der Waals surface area contributed by atoms with E-state index in [0.717, 1.165) is 5.56 Å². The second-order valence-corrected chi connectivity index (χ2v) is 4.31. The average Bonchev–Trinajstić information content (AvgIpc) is 2.38. The Morgan fingerprint density at radius 3 is 1.90 bits per heavy atom. The molecular formula is C13H15Cl3O5. The van der Waals surface area contributed by atoms with Crippen LogP contribution >= 0.6 is 35.6 Å². The van der Waals surface area contributed by atoms with Crippen molar-refractivity contribution in [2.24, 2.45) is 0 Å². The van der Waals surface area contributed by atoms with E-state index in [2.05, 4.69) is 4.74 Å². The molecule has 0 aliphatic heterocycles. The van der Waals surface area contributed by atoms with E-state index in [9.17, 15) is 14.4 Å². The van der Waals surface area contributed by atoms with Gasteiger partial charge < -0.3 is 9.47 Å². The van der Waals surface area contributed by atoms with Gasteiger partial charge in [0.25, 0.3) is 5.24 Å². The lowest BCUT2D eigenvalue weighted by atomic mass is 10.2. The van der Waals surface area contributed by atoms with Crippen LogP contribution in [0.3, 0.4) is 0 Å². The number of ether oxygens (including phenoxy) is 2. The maximum absolute atomic E-state index is 10.3. The summed E-state index contributed by atoms with van der Waals surface area (Å²) < 4.78 is 9.18. The number of rotatable bonds is 6. The summed E-state index contributed by atoms with van der Waals surface area (Å²) in [5.41, 5.74) is 1.04. The van der Waals surface area contributed by atoms with Gasteiger partial charge >= 0.3 is 5.97 Å².